The van der Waals surface area contributed by atoms with Crippen molar-refractivity contribution in [1.29, 1.82) is 0 Å². The minimum Gasteiger partial charge on any atom is -0.381 e. The Balaban J connectivity index is 1.94. The van der Waals surface area contributed by atoms with Gasteiger partial charge in [0.1, 0.15) is 0 Å². The molecular weight excluding hydrogens is 240 g/mol. The van der Waals surface area contributed by atoms with Crippen LogP contribution in [0.15, 0.2) is 0 Å². The molecule has 4 heteroatoms. The molecule has 0 radical (unpaired) electrons. The lowest BCUT2D eigenvalue weighted by atomic mass is 9.83. The van der Waals surface area contributed by atoms with Crippen molar-refractivity contribution < 1.29 is 9.47 Å². The Kier molecular flexibility index (Phi) is 5.63. The molecule has 2 unspecified atom stereocenters. The van der Waals surface area contributed by atoms with Crippen molar-refractivity contribution in [3.63, 3.8) is 0 Å². The third kappa shape index (κ3) is 3.91. The zero-order valence-electron chi connectivity index (χ0n) is 12.6. The van der Waals surface area contributed by atoms with E-state index < -0.39 is 0 Å². The highest BCUT2D eigenvalue weighted by Gasteiger charge is 2.40. The molecule has 112 valence electrons. The van der Waals surface area contributed by atoms with Gasteiger partial charge in [-0.1, -0.05) is 13.8 Å². The number of rotatable bonds is 5. The van der Waals surface area contributed by atoms with Crippen LogP contribution in [0.25, 0.3) is 0 Å². The first-order chi connectivity index (χ1) is 9.19. The predicted octanol–water partition coefficient (Wildman–Crippen LogP) is 1.63. The molecule has 0 bridgehead atoms. The van der Waals surface area contributed by atoms with Crippen molar-refractivity contribution in [1.82, 2.24) is 4.90 Å². The van der Waals surface area contributed by atoms with Crippen LogP contribution < -0.4 is 5.73 Å². The Labute approximate surface area is 117 Å². The number of hydrogen-bond donors (Lipinski definition) is 1. The lowest BCUT2D eigenvalue weighted by Gasteiger charge is -2.46. The van der Waals surface area contributed by atoms with Crippen molar-refractivity contribution in [3.05, 3.63) is 0 Å². The first-order valence-electron chi connectivity index (χ1n) is 7.85. The van der Waals surface area contributed by atoms with E-state index >= 15 is 0 Å². The molecule has 2 rings (SSSR count). The van der Waals surface area contributed by atoms with Crippen LogP contribution in [-0.2, 0) is 9.47 Å². The van der Waals surface area contributed by atoms with Gasteiger partial charge in [-0.15, -0.1) is 0 Å². The van der Waals surface area contributed by atoms with Crippen LogP contribution in [0, 0.1) is 5.92 Å². The van der Waals surface area contributed by atoms with Crippen LogP contribution in [0.1, 0.15) is 39.5 Å². The molecular formula is C15H30N2O2. The molecule has 19 heavy (non-hydrogen) atoms. The molecule has 0 aromatic heterocycles. The topological polar surface area (TPSA) is 47.7 Å². The minimum atomic E-state index is 0.0978. The van der Waals surface area contributed by atoms with Gasteiger partial charge < -0.3 is 20.1 Å². The quantitative estimate of drug-likeness (QED) is 0.825. The molecule has 0 saturated carbocycles. The van der Waals surface area contributed by atoms with Gasteiger partial charge in [0.15, 0.2) is 0 Å². The lowest BCUT2D eigenvalue weighted by molar-refractivity contribution is -0.151. The smallest absolute Gasteiger partial charge is 0.0741 e. The second-order valence-corrected chi connectivity index (χ2v) is 6.22. The summed E-state index contributed by atoms with van der Waals surface area (Å²) in [4.78, 5) is 2.61. The molecule has 2 saturated heterocycles. The molecule has 2 fully saturated rings. The fourth-order valence-corrected chi connectivity index (χ4v) is 3.42. The third-order valence-electron chi connectivity index (χ3n) is 4.74. The van der Waals surface area contributed by atoms with Gasteiger partial charge in [0.2, 0.25) is 0 Å². The molecule has 2 heterocycles. The Hall–Kier alpha value is -0.160. The van der Waals surface area contributed by atoms with Crippen LogP contribution in [0.5, 0.6) is 0 Å². The summed E-state index contributed by atoms with van der Waals surface area (Å²) >= 11 is 0. The second-order valence-electron chi connectivity index (χ2n) is 6.22. The summed E-state index contributed by atoms with van der Waals surface area (Å²) in [5.74, 6) is 0.577. The molecule has 2 atom stereocenters. The van der Waals surface area contributed by atoms with Crippen LogP contribution in [-0.4, -0.2) is 56.0 Å². The Bertz CT molecular complexity index is 261. The number of hydrogen-bond acceptors (Lipinski definition) is 4. The molecule has 2 N–H and O–H groups in total. The van der Waals surface area contributed by atoms with E-state index in [9.17, 15) is 0 Å². The second kappa shape index (κ2) is 7.02. The van der Waals surface area contributed by atoms with E-state index in [4.69, 9.17) is 15.2 Å². The van der Waals surface area contributed by atoms with Crippen LogP contribution in [0.2, 0.25) is 0 Å². The van der Waals surface area contributed by atoms with Gasteiger partial charge in [0.05, 0.1) is 5.60 Å². The lowest BCUT2D eigenvalue weighted by Crippen LogP contribution is -2.52. The van der Waals surface area contributed by atoms with Gasteiger partial charge in [-0.2, -0.15) is 0 Å². The third-order valence-corrected chi connectivity index (χ3v) is 4.74. The highest BCUT2D eigenvalue weighted by Crippen LogP contribution is 2.36. The Morgan fingerprint density at radius 3 is 2.68 bits per heavy atom. The summed E-state index contributed by atoms with van der Waals surface area (Å²) in [5.41, 5.74) is 5.87. The monoisotopic (exact) mass is 270 g/mol. The molecule has 0 aromatic rings. The van der Waals surface area contributed by atoms with Gasteiger partial charge in [-0.05, 0) is 44.7 Å². The summed E-state index contributed by atoms with van der Waals surface area (Å²) in [7, 11) is 0. The van der Waals surface area contributed by atoms with Gasteiger partial charge in [0, 0.05) is 32.4 Å². The van der Waals surface area contributed by atoms with E-state index in [0.29, 0.717) is 12.0 Å². The summed E-state index contributed by atoms with van der Waals surface area (Å²) in [6.45, 7) is 10.1. The number of ether oxygens (including phenoxy) is 2. The molecule has 2 aliphatic heterocycles. The van der Waals surface area contributed by atoms with E-state index in [-0.39, 0.29) is 5.60 Å². The highest BCUT2D eigenvalue weighted by molar-refractivity contribution is 4.92. The fourth-order valence-electron chi connectivity index (χ4n) is 3.42. The Morgan fingerprint density at radius 2 is 2.05 bits per heavy atom. The zero-order valence-corrected chi connectivity index (χ0v) is 12.6. The van der Waals surface area contributed by atoms with Gasteiger partial charge in [-0.3, -0.25) is 0 Å². The first-order valence-corrected chi connectivity index (χ1v) is 7.85. The van der Waals surface area contributed by atoms with Crippen LogP contribution >= 0.6 is 0 Å². The average molecular weight is 270 g/mol. The van der Waals surface area contributed by atoms with Crippen molar-refractivity contribution in [2.24, 2.45) is 11.7 Å². The number of nitrogens with zero attached hydrogens (tertiary/aromatic N) is 1. The van der Waals surface area contributed by atoms with Crippen molar-refractivity contribution in [2.45, 2.75) is 51.2 Å². The van der Waals surface area contributed by atoms with Gasteiger partial charge in [-0.25, -0.2) is 0 Å². The molecule has 0 aromatic carbocycles. The zero-order chi connectivity index (χ0) is 13.7. The maximum atomic E-state index is 6.13. The summed E-state index contributed by atoms with van der Waals surface area (Å²) in [6.07, 6.45) is 4.45. The predicted molar refractivity (Wildman–Crippen MR) is 77.2 cm³/mol. The molecule has 4 nitrogen and oxygen atoms in total. The maximum absolute atomic E-state index is 6.13. The van der Waals surface area contributed by atoms with E-state index in [1.54, 1.807) is 0 Å². The van der Waals surface area contributed by atoms with Gasteiger partial charge >= 0.3 is 0 Å². The minimum absolute atomic E-state index is 0.0978. The summed E-state index contributed by atoms with van der Waals surface area (Å²) in [5, 5.41) is 0. The van der Waals surface area contributed by atoms with E-state index in [2.05, 4.69) is 18.7 Å². The largest absolute Gasteiger partial charge is 0.381 e. The SMILES string of the molecule is CCN(CC(C)CN)C1CCOC2(CCOCC2)C1. The molecule has 2 aliphatic rings. The van der Waals surface area contributed by atoms with Crippen molar-refractivity contribution in [2.75, 3.05) is 39.5 Å². The van der Waals surface area contributed by atoms with E-state index in [0.717, 1.165) is 58.7 Å². The fraction of sp³-hybridized carbons (Fsp3) is 1.00. The number of nitrogens with two attached hydrogens (primary N) is 1. The molecule has 0 amide bonds. The first kappa shape index (κ1) is 15.2. The normalized spacial score (nSPS) is 28.7. The molecule has 0 aliphatic carbocycles. The summed E-state index contributed by atoms with van der Waals surface area (Å²) in [6, 6.07) is 0.658. The van der Waals surface area contributed by atoms with E-state index in [1.807, 2.05) is 0 Å². The van der Waals surface area contributed by atoms with Crippen LogP contribution in [0.4, 0.5) is 0 Å². The standard InChI is InChI=1S/C15H30N2O2/c1-3-17(12-13(2)11-16)14-4-7-19-15(10-14)5-8-18-9-6-15/h13-14H,3-12,16H2,1-2H3. The highest BCUT2D eigenvalue weighted by atomic mass is 16.5. The maximum Gasteiger partial charge on any atom is 0.0741 e. The van der Waals surface area contributed by atoms with Crippen LogP contribution in [0.3, 0.4) is 0 Å². The van der Waals surface area contributed by atoms with Gasteiger partial charge in [0.25, 0.3) is 0 Å². The molecule has 1 spiro atoms. The van der Waals surface area contributed by atoms with Crippen molar-refractivity contribution >= 4 is 0 Å². The average Bonchev–Trinajstić information content (AvgIpc) is 2.45. The van der Waals surface area contributed by atoms with Crippen molar-refractivity contribution in [3.8, 4) is 0 Å². The summed E-state index contributed by atoms with van der Waals surface area (Å²) < 4.78 is 11.6. The van der Waals surface area contributed by atoms with E-state index in [1.165, 1.54) is 6.42 Å². The Morgan fingerprint density at radius 1 is 1.32 bits per heavy atom.